The lowest BCUT2D eigenvalue weighted by Crippen LogP contribution is -2.37. The van der Waals surface area contributed by atoms with Gasteiger partial charge in [-0.05, 0) is 36.5 Å². The topological polar surface area (TPSA) is 58.6 Å². The summed E-state index contributed by atoms with van der Waals surface area (Å²) >= 11 is 3.56. The van der Waals surface area contributed by atoms with Gasteiger partial charge in [0.2, 0.25) is 0 Å². The highest BCUT2D eigenvalue weighted by molar-refractivity contribution is 9.09. The van der Waals surface area contributed by atoms with Crippen LogP contribution in [0.15, 0.2) is 18.2 Å². The number of hydrogen-bond donors (Lipinski definition) is 2. The second-order valence-corrected chi connectivity index (χ2v) is 5.97. The number of phenols is 1. The molecule has 0 bridgehead atoms. The zero-order valence-electron chi connectivity index (χ0n) is 11.6. The highest BCUT2D eigenvalue weighted by Crippen LogP contribution is 2.39. The molecule has 0 unspecified atom stereocenters. The third-order valence-corrected chi connectivity index (χ3v) is 5.21. The summed E-state index contributed by atoms with van der Waals surface area (Å²) in [6.07, 6.45) is 4.68. The molecule has 1 aromatic rings. The lowest BCUT2D eigenvalue weighted by molar-refractivity contribution is 0.0932. The van der Waals surface area contributed by atoms with Gasteiger partial charge in [0.1, 0.15) is 11.5 Å². The van der Waals surface area contributed by atoms with Crippen LogP contribution in [-0.4, -0.2) is 30.0 Å². The lowest BCUT2D eigenvalue weighted by atomic mass is 9.89. The fraction of sp³-hybridized carbons (Fsp3) is 0.533. The molecule has 1 amide bonds. The van der Waals surface area contributed by atoms with Crippen molar-refractivity contribution >= 4 is 21.8 Å². The minimum atomic E-state index is -0.256. The molecule has 0 heterocycles. The van der Waals surface area contributed by atoms with E-state index in [0.29, 0.717) is 12.3 Å². The number of ether oxygens (including phenoxy) is 1. The molecule has 0 saturated heterocycles. The first-order chi connectivity index (χ1) is 9.60. The average molecular weight is 342 g/mol. The van der Waals surface area contributed by atoms with Gasteiger partial charge in [0.05, 0.1) is 12.7 Å². The van der Waals surface area contributed by atoms with Gasteiger partial charge < -0.3 is 15.2 Å². The minimum Gasteiger partial charge on any atom is -0.507 e. The van der Waals surface area contributed by atoms with Crippen molar-refractivity contribution in [3.8, 4) is 11.5 Å². The zero-order chi connectivity index (χ0) is 14.6. The molecule has 2 rings (SSSR count). The van der Waals surface area contributed by atoms with Crippen LogP contribution in [0.4, 0.5) is 0 Å². The Balaban J connectivity index is 2.04. The highest BCUT2D eigenvalue weighted by atomic mass is 79.9. The molecule has 4 nitrogen and oxygen atoms in total. The summed E-state index contributed by atoms with van der Waals surface area (Å²) in [7, 11) is 1.53. The number of benzene rings is 1. The number of amides is 1. The number of aromatic hydroxyl groups is 1. The van der Waals surface area contributed by atoms with E-state index in [-0.39, 0.29) is 22.6 Å². The van der Waals surface area contributed by atoms with Gasteiger partial charge in [-0.3, -0.25) is 4.79 Å². The zero-order valence-corrected chi connectivity index (χ0v) is 13.2. The first-order valence-corrected chi connectivity index (χ1v) is 7.93. The van der Waals surface area contributed by atoms with Gasteiger partial charge in [-0.25, -0.2) is 0 Å². The predicted molar refractivity (Wildman–Crippen MR) is 81.7 cm³/mol. The summed E-state index contributed by atoms with van der Waals surface area (Å²) in [4.78, 5) is 12.2. The van der Waals surface area contributed by atoms with Crippen LogP contribution in [0.25, 0.3) is 0 Å². The predicted octanol–water partition coefficient (Wildman–Crippen LogP) is 3.09. The van der Waals surface area contributed by atoms with E-state index in [1.807, 2.05) is 0 Å². The number of halogens is 1. The third kappa shape index (κ3) is 3.26. The molecule has 1 aliphatic rings. The van der Waals surface area contributed by atoms with Crippen LogP contribution in [0, 0.1) is 5.41 Å². The molecule has 1 aromatic carbocycles. The largest absolute Gasteiger partial charge is 0.507 e. The van der Waals surface area contributed by atoms with Crippen LogP contribution < -0.4 is 10.1 Å². The molecule has 5 heteroatoms. The Morgan fingerprint density at radius 3 is 2.75 bits per heavy atom. The summed E-state index contributed by atoms with van der Waals surface area (Å²) < 4.78 is 5.08. The van der Waals surface area contributed by atoms with Crippen molar-refractivity contribution in [3.63, 3.8) is 0 Å². The maximum atomic E-state index is 12.2. The van der Waals surface area contributed by atoms with E-state index in [9.17, 15) is 9.90 Å². The number of carbonyl (C=O) groups is 1. The SMILES string of the molecule is COc1ccc(O)c(C(=O)NCC2(CBr)CCCC2)c1. The van der Waals surface area contributed by atoms with Crippen molar-refractivity contribution in [1.82, 2.24) is 5.32 Å². The van der Waals surface area contributed by atoms with Crippen molar-refractivity contribution in [2.45, 2.75) is 25.7 Å². The van der Waals surface area contributed by atoms with Crippen molar-refractivity contribution in [1.29, 1.82) is 0 Å². The Morgan fingerprint density at radius 2 is 2.15 bits per heavy atom. The van der Waals surface area contributed by atoms with E-state index < -0.39 is 0 Å². The fourth-order valence-corrected chi connectivity index (χ4v) is 3.43. The third-order valence-electron chi connectivity index (χ3n) is 4.02. The number of alkyl halides is 1. The van der Waals surface area contributed by atoms with E-state index in [0.717, 1.165) is 18.2 Å². The molecule has 0 atom stereocenters. The highest BCUT2D eigenvalue weighted by Gasteiger charge is 2.33. The summed E-state index contributed by atoms with van der Waals surface area (Å²) in [5, 5.41) is 13.6. The van der Waals surface area contributed by atoms with Crippen LogP contribution >= 0.6 is 15.9 Å². The van der Waals surface area contributed by atoms with Crippen LogP contribution in [-0.2, 0) is 0 Å². The van der Waals surface area contributed by atoms with Crippen LogP contribution in [0.3, 0.4) is 0 Å². The van der Waals surface area contributed by atoms with Crippen molar-refractivity contribution in [3.05, 3.63) is 23.8 Å². The van der Waals surface area contributed by atoms with Crippen LogP contribution in [0.5, 0.6) is 11.5 Å². The number of methoxy groups -OCH3 is 1. The maximum absolute atomic E-state index is 12.2. The van der Waals surface area contributed by atoms with Crippen molar-refractivity contribution in [2.24, 2.45) is 5.41 Å². The molecular formula is C15H20BrNO3. The number of carbonyl (C=O) groups excluding carboxylic acids is 1. The molecule has 20 heavy (non-hydrogen) atoms. The Morgan fingerprint density at radius 1 is 1.45 bits per heavy atom. The molecule has 1 fully saturated rings. The molecule has 110 valence electrons. The summed E-state index contributed by atoms with van der Waals surface area (Å²) in [6.45, 7) is 0.633. The first kappa shape index (κ1) is 15.2. The van der Waals surface area contributed by atoms with E-state index in [1.165, 1.54) is 26.0 Å². The first-order valence-electron chi connectivity index (χ1n) is 6.81. The average Bonchev–Trinajstić information content (AvgIpc) is 2.95. The molecule has 0 radical (unpaired) electrons. The Bertz CT molecular complexity index is 484. The molecule has 0 spiro atoms. The number of nitrogens with one attached hydrogen (secondary N) is 1. The van der Waals surface area contributed by atoms with Gasteiger partial charge in [0, 0.05) is 11.9 Å². The summed E-state index contributed by atoms with van der Waals surface area (Å²) in [5.74, 6) is 0.278. The Labute approximate surface area is 127 Å². The molecular weight excluding hydrogens is 322 g/mol. The quantitative estimate of drug-likeness (QED) is 0.809. The molecule has 1 aliphatic carbocycles. The number of phenolic OH excluding ortho intramolecular Hbond substituents is 1. The van der Waals surface area contributed by atoms with Crippen LogP contribution in [0.1, 0.15) is 36.0 Å². The van der Waals surface area contributed by atoms with Crippen molar-refractivity contribution < 1.29 is 14.6 Å². The maximum Gasteiger partial charge on any atom is 0.255 e. The number of rotatable bonds is 5. The molecule has 1 saturated carbocycles. The Hall–Kier alpha value is -1.23. The molecule has 2 N–H and O–H groups in total. The smallest absolute Gasteiger partial charge is 0.255 e. The van der Waals surface area contributed by atoms with Gasteiger partial charge in [0.15, 0.2) is 0 Å². The second-order valence-electron chi connectivity index (χ2n) is 5.41. The van der Waals surface area contributed by atoms with Gasteiger partial charge >= 0.3 is 0 Å². The number of hydrogen-bond acceptors (Lipinski definition) is 3. The van der Waals surface area contributed by atoms with Gasteiger partial charge in [-0.15, -0.1) is 0 Å². The van der Waals surface area contributed by atoms with Gasteiger partial charge in [-0.2, -0.15) is 0 Å². The minimum absolute atomic E-state index is 0.0254. The summed E-state index contributed by atoms with van der Waals surface area (Å²) in [6, 6.07) is 4.66. The van der Waals surface area contributed by atoms with Crippen LogP contribution in [0.2, 0.25) is 0 Å². The van der Waals surface area contributed by atoms with Gasteiger partial charge in [-0.1, -0.05) is 28.8 Å². The summed E-state index contributed by atoms with van der Waals surface area (Å²) in [5.41, 5.74) is 0.413. The lowest BCUT2D eigenvalue weighted by Gasteiger charge is -2.26. The second kappa shape index (κ2) is 6.48. The fourth-order valence-electron chi connectivity index (χ4n) is 2.67. The van der Waals surface area contributed by atoms with E-state index in [4.69, 9.17) is 4.74 Å². The van der Waals surface area contributed by atoms with E-state index >= 15 is 0 Å². The van der Waals surface area contributed by atoms with E-state index in [2.05, 4.69) is 21.2 Å². The standard InChI is InChI=1S/C15H20BrNO3/c1-20-11-4-5-13(18)12(8-11)14(19)17-10-15(9-16)6-2-3-7-15/h4-5,8,18H,2-3,6-7,9-10H2,1H3,(H,17,19). The van der Waals surface area contributed by atoms with E-state index in [1.54, 1.807) is 12.1 Å². The Kier molecular flexibility index (Phi) is 4.91. The normalized spacial score (nSPS) is 16.9. The molecule has 0 aliphatic heterocycles. The monoisotopic (exact) mass is 341 g/mol. The molecule has 0 aromatic heterocycles. The van der Waals surface area contributed by atoms with Gasteiger partial charge in [0.25, 0.3) is 5.91 Å². The van der Waals surface area contributed by atoms with Crippen molar-refractivity contribution in [2.75, 3.05) is 19.0 Å².